The number of carbonyl (C=O) groups excluding carboxylic acids is 1. The molecule has 2 heterocycles. The Morgan fingerprint density at radius 3 is 2.57 bits per heavy atom. The van der Waals surface area contributed by atoms with E-state index in [1.165, 1.54) is 12.1 Å². The number of hydrogen-bond acceptors (Lipinski definition) is 4. The van der Waals surface area contributed by atoms with Gasteiger partial charge in [0.15, 0.2) is 6.61 Å². The van der Waals surface area contributed by atoms with Crippen molar-refractivity contribution in [3.63, 3.8) is 0 Å². The minimum Gasteiger partial charge on any atom is -0.482 e. The van der Waals surface area contributed by atoms with Crippen LogP contribution in [0.15, 0.2) is 66.7 Å². The Bertz CT molecular complexity index is 961. The first kappa shape index (κ1) is 18.0. The fourth-order valence-corrected chi connectivity index (χ4v) is 2.98. The molecule has 0 aliphatic carbocycles. The summed E-state index contributed by atoms with van der Waals surface area (Å²) < 4.78 is 24.5. The van der Waals surface area contributed by atoms with Gasteiger partial charge in [-0.1, -0.05) is 42.5 Å². The Morgan fingerprint density at radius 1 is 1.00 bits per heavy atom. The molecule has 1 aliphatic heterocycles. The van der Waals surface area contributed by atoms with Crippen LogP contribution < -0.4 is 9.47 Å². The standard InChI is InChI=1S/C22H19FN2O3/c23-18-8-6-16(7-9-18)12-25-13-19-20(27-15-22(25)26)10-11-21(24-19)28-14-17-4-2-1-3-5-17/h1-11H,12-15H2. The highest BCUT2D eigenvalue weighted by molar-refractivity contribution is 5.78. The van der Waals surface area contributed by atoms with Gasteiger partial charge in [0.2, 0.25) is 5.88 Å². The fourth-order valence-electron chi connectivity index (χ4n) is 2.98. The van der Waals surface area contributed by atoms with E-state index in [9.17, 15) is 9.18 Å². The highest BCUT2D eigenvalue weighted by atomic mass is 19.1. The molecule has 2 aromatic carbocycles. The van der Waals surface area contributed by atoms with Gasteiger partial charge in [0.25, 0.3) is 5.91 Å². The number of fused-ring (bicyclic) bond motifs is 1. The van der Waals surface area contributed by atoms with Crippen LogP contribution in [0.5, 0.6) is 11.6 Å². The number of ether oxygens (including phenoxy) is 2. The summed E-state index contributed by atoms with van der Waals surface area (Å²) in [5.74, 6) is 0.597. The van der Waals surface area contributed by atoms with Crippen LogP contribution in [0.4, 0.5) is 4.39 Å². The van der Waals surface area contributed by atoms with E-state index in [-0.39, 0.29) is 18.3 Å². The molecular formula is C22H19FN2O3. The summed E-state index contributed by atoms with van der Waals surface area (Å²) in [6.07, 6.45) is 0. The summed E-state index contributed by atoms with van der Waals surface area (Å²) in [4.78, 5) is 18.6. The van der Waals surface area contributed by atoms with E-state index >= 15 is 0 Å². The number of nitrogens with zero attached hydrogens (tertiary/aromatic N) is 2. The normalized spacial score (nSPS) is 13.5. The molecule has 0 unspecified atom stereocenters. The Morgan fingerprint density at radius 2 is 1.79 bits per heavy atom. The molecule has 4 rings (SSSR count). The molecule has 3 aromatic rings. The van der Waals surface area contributed by atoms with Gasteiger partial charge >= 0.3 is 0 Å². The number of carbonyl (C=O) groups is 1. The Kier molecular flexibility index (Phi) is 5.19. The molecule has 6 heteroatoms. The summed E-state index contributed by atoms with van der Waals surface area (Å²) in [5, 5.41) is 0. The maximum atomic E-state index is 13.1. The van der Waals surface area contributed by atoms with Gasteiger partial charge < -0.3 is 14.4 Å². The van der Waals surface area contributed by atoms with Crippen molar-refractivity contribution in [3.05, 3.63) is 89.4 Å². The summed E-state index contributed by atoms with van der Waals surface area (Å²) in [6.45, 7) is 1.01. The molecular weight excluding hydrogens is 359 g/mol. The van der Waals surface area contributed by atoms with Gasteiger partial charge in [0.05, 0.1) is 6.54 Å². The number of amides is 1. The second-order valence-corrected chi connectivity index (χ2v) is 6.53. The lowest BCUT2D eigenvalue weighted by atomic mass is 10.2. The lowest BCUT2D eigenvalue weighted by Crippen LogP contribution is -2.32. The molecule has 0 saturated heterocycles. The van der Waals surface area contributed by atoms with E-state index in [1.54, 1.807) is 29.2 Å². The van der Waals surface area contributed by atoms with E-state index < -0.39 is 0 Å². The molecule has 0 fully saturated rings. The van der Waals surface area contributed by atoms with E-state index in [1.807, 2.05) is 30.3 Å². The van der Waals surface area contributed by atoms with Gasteiger partial charge in [0.1, 0.15) is 23.9 Å². The van der Waals surface area contributed by atoms with Crippen LogP contribution in [0.3, 0.4) is 0 Å². The van der Waals surface area contributed by atoms with E-state index in [0.29, 0.717) is 37.0 Å². The van der Waals surface area contributed by atoms with Crippen molar-refractivity contribution in [1.82, 2.24) is 9.88 Å². The Balaban J connectivity index is 1.49. The molecule has 1 aromatic heterocycles. The second-order valence-electron chi connectivity index (χ2n) is 6.53. The average Bonchev–Trinajstić information content (AvgIpc) is 2.87. The maximum absolute atomic E-state index is 13.1. The molecule has 28 heavy (non-hydrogen) atoms. The van der Waals surface area contributed by atoms with Gasteiger partial charge in [-0.2, -0.15) is 0 Å². The van der Waals surface area contributed by atoms with Crippen molar-refractivity contribution >= 4 is 5.91 Å². The number of rotatable bonds is 5. The smallest absolute Gasteiger partial charge is 0.261 e. The summed E-state index contributed by atoms with van der Waals surface area (Å²) in [7, 11) is 0. The molecule has 0 bridgehead atoms. The molecule has 1 aliphatic rings. The molecule has 142 valence electrons. The van der Waals surface area contributed by atoms with Crippen molar-refractivity contribution in [2.75, 3.05) is 6.61 Å². The summed E-state index contributed by atoms with van der Waals surface area (Å²) >= 11 is 0. The minimum absolute atomic E-state index is 0.0555. The largest absolute Gasteiger partial charge is 0.482 e. The SMILES string of the molecule is O=C1COc2ccc(OCc3ccccc3)nc2CN1Cc1ccc(F)cc1. The first-order valence-corrected chi connectivity index (χ1v) is 8.99. The zero-order valence-corrected chi connectivity index (χ0v) is 15.2. The molecule has 0 spiro atoms. The number of halogens is 1. The Hall–Kier alpha value is -3.41. The zero-order valence-electron chi connectivity index (χ0n) is 15.2. The third kappa shape index (κ3) is 4.28. The van der Waals surface area contributed by atoms with Crippen molar-refractivity contribution in [1.29, 1.82) is 0 Å². The summed E-state index contributed by atoms with van der Waals surface area (Å²) in [5.41, 5.74) is 2.52. The fraction of sp³-hybridized carbons (Fsp3) is 0.182. The molecule has 0 saturated carbocycles. The van der Waals surface area contributed by atoms with Gasteiger partial charge in [-0.3, -0.25) is 4.79 Å². The lowest BCUT2D eigenvalue weighted by Gasteiger charge is -2.19. The van der Waals surface area contributed by atoms with E-state index in [2.05, 4.69) is 4.98 Å². The lowest BCUT2D eigenvalue weighted by molar-refractivity contribution is -0.133. The highest BCUT2D eigenvalue weighted by Gasteiger charge is 2.23. The van der Waals surface area contributed by atoms with Crippen molar-refractivity contribution < 1.29 is 18.7 Å². The van der Waals surface area contributed by atoms with Gasteiger partial charge in [0, 0.05) is 12.6 Å². The number of aromatic nitrogens is 1. The average molecular weight is 378 g/mol. The second kappa shape index (κ2) is 8.08. The topological polar surface area (TPSA) is 51.7 Å². The molecule has 0 N–H and O–H groups in total. The minimum atomic E-state index is -0.304. The number of hydrogen-bond donors (Lipinski definition) is 0. The number of benzene rings is 2. The van der Waals surface area contributed by atoms with Crippen LogP contribution in [-0.4, -0.2) is 22.4 Å². The van der Waals surface area contributed by atoms with Gasteiger partial charge in [-0.15, -0.1) is 0 Å². The van der Waals surface area contributed by atoms with Crippen molar-refractivity contribution in [2.45, 2.75) is 19.7 Å². The van der Waals surface area contributed by atoms with Crippen LogP contribution in [0.2, 0.25) is 0 Å². The maximum Gasteiger partial charge on any atom is 0.261 e. The molecule has 0 atom stereocenters. The highest BCUT2D eigenvalue weighted by Crippen LogP contribution is 2.26. The third-order valence-electron chi connectivity index (χ3n) is 4.47. The van der Waals surface area contributed by atoms with Crippen LogP contribution in [-0.2, 0) is 24.5 Å². The van der Waals surface area contributed by atoms with Crippen molar-refractivity contribution in [3.8, 4) is 11.6 Å². The van der Waals surface area contributed by atoms with Gasteiger partial charge in [-0.05, 0) is 29.3 Å². The van der Waals surface area contributed by atoms with Crippen molar-refractivity contribution in [2.24, 2.45) is 0 Å². The monoisotopic (exact) mass is 378 g/mol. The third-order valence-corrected chi connectivity index (χ3v) is 4.47. The molecule has 0 radical (unpaired) electrons. The van der Waals surface area contributed by atoms with Crippen LogP contribution >= 0.6 is 0 Å². The van der Waals surface area contributed by atoms with E-state index in [4.69, 9.17) is 9.47 Å². The van der Waals surface area contributed by atoms with Gasteiger partial charge in [-0.25, -0.2) is 9.37 Å². The predicted molar refractivity (Wildman–Crippen MR) is 101 cm³/mol. The molecule has 1 amide bonds. The zero-order chi connectivity index (χ0) is 19.3. The quantitative estimate of drug-likeness (QED) is 0.679. The van der Waals surface area contributed by atoms with Crippen LogP contribution in [0.1, 0.15) is 16.8 Å². The van der Waals surface area contributed by atoms with Crippen LogP contribution in [0, 0.1) is 5.82 Å². The Labute approximate surface area is 162 Å². The predicted octanol–water partition coefficient (Wildman–Crippen LogP) is 3.72. The molecule has 5 nitrogen and oxygen atoms in total. The first-order chi connectivity index (χ1) is 13.7. The van der Waals surface area contributed by atoms with Crippen LogP contribution in [0.25, 0.3) is 0 Å². The first-order valence-electron chi connectivity index (χ1n) is 8.99. The number of pyridine rings is 1. The summed E-state index contributed by atoms with van der Waals surface area (Å²) in [6, 6.07) is 19.4. The van der Waals surface area contributed by atoms with E-state index in [0.717, 1.165) is 11.1 Å².